The number of nitrogens with zero attached hydrogens (tertiary/aromatic N) is 2. The maximum Gasteiger partial charge on any atom is 0.145 e. The molecule has 2 aromatic heterocycles. The van der Waals surface area contributed by atoms with Gasteiger partial charge in [0.05, 0.1) is 33.5 Å². The van der Waals surface area contributed by atoms with Gasteiger partial charge in [-0.25, -0.2) is 0 Å². The van der Waals surface area contributed by atoms with Gasteiger partial charge in [0.25, 0.3) is 0 Å². The Morgan fingerprint density at radius 1 is 0.371 bits per heavy atom. The number of furan rings is 1. The van der Waals surface area contributed by atoms with Crippen molar-refractivity contribution in [3.05, 3.63) is 254 Å². The smallest absolute Gasteiger partial charge is 0.145 e. The van der Waals surface area contributed by atoms with Crippen LogP contribution in [0.3, 0.4) is 0 Å². The maximum absolute atomic E-state index is 7.07. The molecular formula is C67H46N2O. The quantitative estimate of drug-likeness (QED) is 0.159. The highest BCUT2D eigenvalue weighted by atomic mass is 16.3. The summed E-state index contributed by atoms with van der Waals surface area (Å²) in [6.45, 7) is 4.72. The standard InChI is InChI=1S/C67H46N2O/c1-67(2)57-25-11-5-21-52(57)53-38-35-47(42-58(53)67)50-20-7-13-27-60(50)69(59-26-12-6-19-49(59)46-32-31-43-17-3-4-18-45(43)41-46)63-40-39-51(66-65(63)56-24-10-16-30-64(56)70-66)44-33-36-48(37-34-44)68-61-28-14-8-22-54(61)55-23-9-15-29-62(55)68/h3-42H,1-2H3. The molecule has 0 saturated carbocycles. The summed E-state index contributed by atoms with van der Waals surface area (Å²) in [5.74, 6) is 0. The molecule has 1 aliphatic rings. The van der Waals surface area contributed by atoms with Gasteiger partial charge in [0, 0.05) is 44.0 Å². The fourth-order valence-corrected chi connectivity index (χ4v) is 11.7. The summed E-state index contributed by atoms with van der Waals surface area (Å²) in [5.41, 5.74) is 20.4. The van der Waals surface area contributed by atoms with E-state index in [0.717, 1.165) is 72.5 Å². The van der Waals surface area contributed by atoms with Gasteiger partial charge in [-0.05, 0) is 116 Å². The second-order valence-corrected chi connectivity index (χ2v) is 19.2. The zero-order valence-electron chi connectivity index (χ0n) is 38.9. The van der Waals surface area contributed by atoms with E-state index < -0.39 is 0 Å². The van der Waals surface area contributed by atoms with Crippen LogP contribution in [0.2, 0.25) is 0 Å². The molecule has 0 bridgehead atoms. The van der Waals surface area contributed by atoms with E-state index in [1.54, 1.807) is 0 Å². The molecule has 0 unspecified atom stereocenters. The van der Waals surface area contributed by atoms with Crippen LogP contribution >= 0.6 is 0 Å². The van der Waals surface area contributed by atoms with Gasteiger partial charge in [0.1, 0.15) is 11.2 Å². The first-order valence-corrected chi connectivity index (χ1v) is 24.2. The minimum atomic E-state index is -0.140. The first-order valence-electron chi connectivity index (χ1n) is 24.2. The van der Waals surface area contributed by atoms with E-state index in [0.29, 0.717) is 0 Å². The van der Waals surface area contributed by atoms with Gasteiger partial charge >= 0.3 is 0 Å². The van der Waals surface area contributed by atoms with Gasteiger partial charge in [-0.15, -0.1) is 0 Å². The van der Waals surface area contributed by atoms with E-state index in [2.05, 4.69) is 266 Å². The van der Waals surface area contributed by atoms with Crippen molar-refractivity contribution in [2.75, 3.05) is 4.90 Å². The monoisotopic (exact) mass is 894 g/mol. The number of hydrogen-bond donors (Lipinski definition) is 0. The highest BCUT2D eigenvalue weighted by molar-refractivity contribution is 6.18. The number of rotatable bonds is 7. The summed E-state index contributed by atoms with van der Waals surface area (Å²) in [4.78, 5) is 2.49. The highest BCUT2D eigenvalue weighted by Crippen LogP contribution is 2.53. The van der Waals surface area contributed by atoms with E-state index in [4.69, 9.17) is 4.42 Å². The lowest BCUT2D eigenvalue weighted by Gasteiger charge is -2.31. The Kier molecular flexibility index (Phi) is 8.93. The molecule has 0 atom stereocenters. The van der Waals surface area contributed by atoms with Crippen LogP contribution in [0.15, 0.2) is 247 Å². The Morgan fingerprint density at radius 2 is 0.900 bits per heavy atom. The fourth-order valence-electron chi connectivity index (χ4n) is 11.7. The minimum Gasteiger partial charge on any atom is -0.455 e. The predicted molar refractivity (Wildman–Crippen MR) is 294 cm³/mol. The SMILES string of the molecule is CC1(C)c2ccccc2-c2ccc(-c3ccccc3N(c3ccccc3-c3ccc4ccccc4c3)c3ccc(-c4ccc(-n5c6ccccc6c6ccccc65)cc4)c4oc5ccccc5c34)cc21. The minimum absolute atomic E-state index is 0.140. The summed E-state index contributed by atoms with van der Waals surface area (Å²) in [5, 5.41) is 7.06. The number of hydrogen-bond acceptors (Lipinski definition) is 2. The molecule has 330 valence electrons. The van der Waals surface area contributed by atoms with Crippen LogP contribution in [0.5, 0.6) is 0 Å². The Morgan fingerprint density at radius 3 is 1.63 bits per heavy atom. The molecule has 70 heavy (non-hydrogen) atoms. The zero-order valence-corrected chi connectivity index (χ0v) is 38.9. The lowest BCUT2D eigenvalue weighted by Crippen LogP contribution is -2.15. The Labute approximate surface area is 406 Å². The van der Waals surface area contributed by atoms with Crippen LogP contribution in [0.4, 0.5) is 17.1 Å². The molecule has 0 radical (unpaired) electrons. The molecule has 13 aromatic rings. The Hall–Kier alpha value is -8.92. The van der Waals surface area contributed by atoms with Gasteiger partial charge in [-0.2, -0.15) is 0 Å². The van der Waals surface area contributed by atoms with Crippen molar-refractivity contribution in [2.45, 2.75) is 19.3 Å². The molecule has 3 heteroatoms. The Bertz CT molecular complexity index is 4170. The number of para-hydroxylation sites is 5. The molecule has 2 heterocycles. The summed E-state index contributed by atoms with van der Waals surface area (Å²) in [6.07, 6.45) is 0. The third-order valence-electron chi connectivity index (χ3n) is 15.0. The van der Waals surface area contributed by atoms with Crippen molar-refractivity contribution < 1.29 is 4.42 Å². The van der Waals surface area contributed by atoms with Crippen molar-refractivity contribution >= 4 is 71.6 Å². The van der Waals surface area contributed by atoms with Crippen LogP contribution in [0, 0.1) is 0 Å². The molecule has 0 aliphatic heterocycles. The molecule has 0 saturated heterocycles. The molecule has 0 fully saturated rings. The van der Waals surface area contributed by atoms with E-state index in [9.17, 15) is 0 Å². The van der Waals surface area contributed by atoms with Crippen LogP contribution < -0.4 is 4.90 Å². The largest absolute Gasteiger partial charge is 0.455 e. The lowest BCUT2D eigenvalue weighted by molar-refractivity contribution is 0.660. The second kappa shape index (κ2) is 15.6. The van der Waals surface area contributed by atoms with Gasteiger partial charge in [-0.3, -0.25) is 0 Å². The van der Waals surface area contributed by atoms with Crippen molar-refractivity contribution in [3.8, 4) is 50.2 Å². The third kappa shape index (κ3) is 6.08. The van der Waals surface area contributed by atoms with E-state index in [-0.39, 0.29) is 5.41 Å². The highest BCUT2D eigenvalue weighted by Gasteiger charge is 2.36. The number of aromatic nitrogens is 1. The normalized spacial score (nSPS) is 12.8. The van der Waals surface area contributed by atoms with Crippen LogP contribution in [-0.4, -0.2) is 4.57 Å². The Balaban J connectivity index is 0.991. The molecule has 0 N–H and O–H groups in total. The van der Waals surface area contributed by atoms with Gasteiger partial charge in [0.15, 0.2) is 0 Å². The average Bonchev–Trinajstić information content (AvgIpc) is 4.05. The van der Waals surface area contributed by atoms with Gasteiger partial charge in [0.2, 0.25) is 0 Å². The number of fused-ring (bicyclic) bond motifs is 10. The summed E-state index contributed by atoms with van der Waals surface area (Å²) >= 11 is 0. The topological polar surface area (TPSA) is 21.3 Å². The molecule has 0 spiro atoms. The number of benzene rings is 11. The summed E-state index contributed by atoms with van der Waals surface area (Å²) in [6, 6.07) is 88.7. The van der Waals surface area contributed by atoms with Crippen molar-refractivity contribution in [1.29, 1.82) is 0 Å². The van der Waals surface area contributed by atoms with Crippen LogP contribution in [-0.2, 0) is 5.41 Å². The number of anilines is 3. The molecule has 3 nitrogen and oxygen atoms in total. The molecule has 14 rings (SSSR count). The lowest BCUT2D eigenvalue weighted by atomic mass is 9.81. The van der Waals surface area contributed by atoms with Crippen molar-refractivity contribution in [2.24, 2.45) is 0 Å². The summed E-state index contributed by atoms with van der Waals surface area (Å²) in [7, 11) is 0. The van der Waals surface area contributed by atoms with Gasteiger partial charge in [-0.1, -0.05) is 190 Å². The summed E-state index contributed by atoms with van der Waals surface area (Å²) < 4.78 is 9.44. The average molecular weight is 895 g/mol. The second-order valence-electron chi connectivity index (χ2n) is 19.2. The van der Waals surface area contributed by atoms with Crippen LogP contribution in [0.1, 0.15) is 25.0 Å². The molecule has 11 aromatic carbocycles. The van der Waals surface area contributed by atoms with Gasteiger partial charge < -0.3 is 13.9 Å². The van der Waals surface area contributed by atoms with E-state index in [1.807, 2.05) is 0 Å². The van der Waals surface area contributed by atoms with Crippen molar-refractivity contribution in [3.63, 3.8) is 0 Å². The molecule has 1 aliphatic carbocycles. The first kappa shape index (κ1) is 40.2. The van der Waals surface area contributed by atoms with Crippen LogP contribution in [0.25, 0.3) is 105 Å². The first-order chi connectivity index (χ1) is 34.5. The van der Waals surface area contributed by atoms with Crippen molar-refractivity contribution in [1.82, 2.24) is 4.57 Å². The fraction of sp³-hybridized carbons (Fsp3) is 0.0448. The zero-order chi connectivity index (χ0) is 46.5. The van der Waals surface area contributed by atoms with E-state index >= 15 is 0 Å². The maximum atomic E-state index is 7.07. The third-order valence-corrected chi connectivity index (χ3v) is 15.0. The molecular weight excluding hydrogens is 849 g/mol. The predicted octanol–water partition coefficient (Wildman–Crippen LogP) is 18.6. The molecule has 0 amide bonds. The van der Waals surface area contributed by atoms with E-state index in [1.165, 1.54) is 60.4 Å².